The van der Waals surface area contributed by atoms with Gasteiger partial charge in [0.05, 0.1) is 5.41 Å². The predicted molar refractivity (Wildman–Crippen MR) is 110 cm³/mol. The van der Waals surface area contributed by atoms with E-state index >= 15 is 0 Å². The van der Waals surface area contributed by atoms with E-state index in [4.69, 9.17) is 5.11 Å². The van der Waals surface area contributed by atoms with Gasteiger partial charge in [-0.2, -0.15) is 0 Å². The number of aliphatic carboxylic acids is 1. The Bertz CT molecular complexity index is 1050. The number of fused-ring (bicyclic) bond motifs is 1. The summed E-state index contributed by atoms with van der Waals surface area (Å²) in [7, 11) is 0. The monoisotopic (exact) mass is 391 g/mol. The second-order valence-electron chi connectivity index (χ2n) is 7.30. The Balaban J connectivity index is 2.01. The maximum atomic E-state index is 13.0. The summed E-state index contributed by atoms with van der Waals surface area (Å²) in [5.74, 6) is -3.14. The first-order chi connectivity index (χ1) is 13.7. The smallest absolute Gasteiger partial charge is 0.322 e. The van der Waals surface area contributed by atoms with Crippen LogP contribution in [0.5, 0.6) is 0 Å². The minimum absolute atomic E-state index is 0.381. The molecular weight excluding hydrogens is 370 g/mol. The first-order valence-corrected chi connectivity index (χ1v) is 9.08. The van der Waals surface area contributed by atoms with Crippen molar-refractivity contribution in [2.24, 2.45) is 0 Å². The summed E-state index contributed by atoms with van der Waals surface area (Å²) in [6.07, 6.45) is 3.85. The predicted octanol–water partition coefficient (Wildman–Crippen LogP) is 3.19. The van der Waals surface area contributed by atoms with Crippen molar-refractivity contribution in [1.29, 1.82) is 0 Å². The molecule has 0 unspecified atom stereocenters. The lowest BCUT2D eigenvalue weighted by molar-refractivity contribution is -0.138. The molecule has 0 bridgehead atoms. The zero-order valence-corrected chi connectivity index (χ0v) is 16.1. The number of hydrogen-bond donors (Lipinski definition) is 3. The van der Waals surface area contributed by atoms with Gasteiger partial charge in [-0.15, -0.1) is 0 Å². The normalized spacial score (nSPS) is 15.3. The third-order valence-corrected chi connectivity index (χ3v) is 4.90. The molecule has 1 aliphatic rings. The van der Waals surface area contributed by atoms with Crippen LogP contribution in [-0.2, 0) is 19.8 Å². The molecule has 1 aliphatic carbocycles. The molecule has 0 fully saturated rings. The maximum absolute atomic E-state index is 13.0. The third kappa shape index (κ3) is 3.96. The van der Waals surface area contributed by atoms with Gasteiger partial charge in [-0.1, -0.05) is 60.7 Å². The molecule has 0 atom stereocenters. The molecule has 29 heavy (non-hydrogen) atoms. The van der Waals surface area contributed by atoms with E-state index in [1.54, 1.807) is 26.0 Å². The fourth-order valence-corrected chi connectivity index (χ4v) is 3.28. The van der Waals surface area contributed by atoms with Crippen molar-refractivity contribution < 1.29 is 24.6 Å². The molecule has 148 valence electrons. The number of carboxylic acids is 1. The number of benzene rings is 2. The van der Waals surface area contributed by atoms with Crippen LogP contribution >= 0.6 is 0 Å². The highest BCUT2D eigenvalue weighted by atomic mass is 16.4. The summed E-state index contributed by atoms with van der Waals surface area (Å²) in [5, 5.41) is 21.5. The Morgan fingerprint density at radius 1 is 1.03 bits per heavy atom. The standard InChI is InChI=1S/C23H21NO5/c1-23(2)17-12-15(9-8-14-6-4-3-5-7-14)10-11-16(17)20(27)19(21(23)28)22(29)24-13-18(25)26/h3-12,27H,13H2,1-2H3,(H,24,29)(H,25,26)/b9-8+. The summed E-state index contributed by atoms with van der Waals surface area (Å²) in [6.45, 7) is 2.71. The van der Waals surface area contributed by atoms with Gasteiger partial charge < -0.3 is 15.5 Å². The number of aliphatic hydroxyl groups is 1. The van der Waals surface area contributed by atoms with E-state index in [-0.39, 0.29) is 0 Å². The van der Waals surface area contributed by atoms with Crippen LogP contribution in [-0.4, -0.2) is 34.4 Å². The van der Waals surface area contributed by atoms with Crippen molar-refractivity contribution in [2.75, 3.05) is 6.54 Å². The lowest BCUT2D eigenvalue weighted by Gasteiger charge is -2.32. The number of hydrogen-bond acceptors (Lipinski definition) is 4. The molecule has 0 radical (unpaired) electrons. The number of amides is 1. The fourth-order valence-electron chi connectivity index (χ4n) is 3.28. The quantitative estimate of drug-likeness (QED) is 0.536. The van der Waals surface area contributed by atoms with E-state index in [2.05, 4.69) is 5.32 Å². The lowest BCUT2D eigenvalue weighted by Crippen LogP contribution is -2.42. The van der Waals surface area contributed by atoms with Crippen LogP contribution in [0.15, 0.2) is 54.1 Å². The number of carboxylic acid groups (broad SMARTS) is 1. The molecule has 3 rings (SSSR count). The molecule has 0 spiro atoms. The molecule has 0 aliphatic heterocycles. The number of nitrogens with one attached hydrogen (secondary N) is 1. The van der Waals surface area contributed by atoms with Crippen molar-refractivity contribution in [3.63, 3.8) is 0 Å². The Hall–Kier alpha value is -3.67. The van der Waals surface area contributed by atoms with Crippen molar-refractivity contribution >= 4 is 35.6 Å². The Morgan fingerprint density at radius 2 is 1.69 bits per heavy atom. The topological polar surface area (TPSA) is 104 Å². The second-order valence-corrected chi connectivity index (χ2v) is 7.30. The van der Waals surface area contributed by atoms with E-state index in [1.807, 2.05) is 48.6 Å². The van der Waals surface area contributed by atoms with Crippen LogP contribution in [0.25, 0.3) is 17.9 Å². The van der Waals surface area contributed by atoms with E-state index in [9.17, 15) is 19.5 Å². The van der Waals surface area contributed by atoms with E-state index < -0.39 is 41.0 Å². The molecule has 0 saturated carbocycles. The summed E-state index contributed by atoms with van der Waals surface area (Å²) >= 11 is 0. The molecular formula is C23H21NO5. The zero-order chi connectivity index (χ0) is 21.2. The van der Waals surface area contributed by atoms with Crippen LogP contribution in [0.2, 0.25) is 0 Å². The molecule has 0 heterocycles. The Morgan fingerprint density at radius 3 is 2.34 bits per heavy atom. The minimum Gasteiger partial charge on any atom is -0.506 e. The zero-order valence-electron chi connectivity index (χ0n) is 16.1. The van der Waals surface area contributed by atoms with Crippen molar-refractivity contribution in [2.45, 2.75) is 19.3 Å². The van der Waals surface area contributed by atoms with Gasteiger partial charge in [0.25, 0.3) is 5.91 Å². The van der Waals surface area contributed by atoms with Gasteiger partial charge >= 0.3 is 5.97 Å². The average Bonchev–Trinajstić information content (AvgIpc) is 2.70. The number of carbonyl (C=O) groups is 3. The van der Waals surface area contributed by atoms with Crippen LogP contribution in [0, 0.1) is 0 Å². The fraction of sp³-hybridized carbons (Fsp3) is 0.174. The van der Waals surface area contributed by atoms with Crippen molar-refractivity contribution in [3.05, 3.63) is 76.4 Å². The second kappa shape index (κ2) is 7.75. The van der Waals surface area contributed by atoms with Crippen LogP contribution < -0.4 is 5.32 Å². The third-order valence-electron chi connectivity index (χ3n) is 4.90. The highest BCUT2D eigenvalue weighted by Crippen LogP contribution is 2.40. The van der Waals surface area contributed by atoms with Gasteiger partial charge in [0.1, 0.15) is 17.9 Å². The van der Waals surface area contributed by atoms with Crippen LogP contribution in [0.3, 0.4) is 0 Å². The summed E-state index contributed by atoms with van der Waals surface area (Å²) in [4.78, 5) is 36.0. The number of aliphatic hydroxyl groups excluding tert-OH is 1. The van der Waals surface area contributed by atoms with Gasteiger partial charge in [-0.25, -0.2) is 0 Å². The number of rotatable bonds is 5. The Labute approximate surface area is 168 Å². The van der Waals surface area contributed by atoms with E-state index in [1.165, 1.54) is 0 Å². The Kier molecular flexibility index (Phi) is 5.37. The molecule has 6 heteroatoms. The first-order valence-electron chi connectivity index (χ1n) is 9.08. The van der Waals surface area contributed by atoms with Crippen LogP contribution in [0.4, 0.5) is 0 Å². The van der Waals surface area contributed by atoms with Gasteiger partial charge in [-0.05, 0) is 30.5 Å². The van der Waals surface area contributed by atoms with Gasteiger partial charge in [0.15, 0.2) is 5.78 Å². The SMILES string of the molecule is CC1(C)C(=O)C(C(=O)NCC(=O)O)=C(O)c2ccc(/C=C/c3ccccc3)cc21. The largest absolute Gasteiger partial charge is 0.506 e. The molecule has 6 nitrogen and oxygen atoms in total. The van der Waals surface area contributed by atoms with E-state index in [0.717, 1.165) is 11.1 Å². The summed E-state index contributed by atoms with van der Waals surface area (Å²) in [5.41, 5.74) is 1.38. The average molecular weight is 391 g/mol. The van der Waals surface area contributed by atoms with Crippen molar-refractivity contribution in [3.8, 4) is 0 Å². The van der Waals surface area contributed by atoms with Gasteiger partial charge in [0.2, 0.25) is 0 Å². The molecule has 3 N–H and O–H groups in total. The first kappa shape index (κ1) is 20.1. The highest BCUT2D eigenvalue weighted by Gasteiger charge is 2.43. The van der Waals surface area contributed by atoms with Crippen molar-refractivity contribution in [1.82, 2.24) is 5.32 Å². The molecule has 2 aromatic carbocycles. The maximum Gasteiger partial charge on any atom is 0.322 e. The number of carbonyl (C=O) groups excluding carboxylic acids is 2. The minimum atomic E-state index is -1.24. The van der Waals surface area contributed by atoms with Gasteiger partial charge in [0, 0.05) is 5.56 Å². The van der Waals surface area contributed by atoms with Crippen LogP contribution in [0.1, 0.15) is 36.1 Å². The summed E-state index contributed by atoms with van der Waals surface area (Å²) in [6, 6.07) is 15.0. The molecule has 2 aromatic rings. The highest BCUT2D eigenvalue weighted by molar-refractivity contribution is 6.28. The molecule has 1 amide bonds. The lowest BCUT2D eigenvalue weighted by atomic mass is 9.70. The molecule has 0 saturated heterocycles. The summed E-state index contributed by atoms with van der Waals surface area (Å²) < 4.78 is 0. The number of ketones is 1. The van der Waals surface area contributed by atoms with E-state index in [0.29, 0.717) is 11.1 Å². The van der Waals surface area contributed by atoms with Gasteiger partial charge in [-0.3, -0.25) is 14.4 Å². The molecule has 0 aromatic heterocycles. The number of Topliss-reactive ketones (excluding diaryl/α,β-unsaturated/α-hetero) is 1.